The number of ether oxygens (including phenoxy) is 1. The molecule has 0 bridgehead atoms. The quantitative estimate of drug-likeness (QED) is 0.487. The Morgan fingerprint density at radius 3 is 2.39 bits per heavy atom. The number of nitrogens with zero attached hydrogens (tertiary/aromatic N) is 2. The first-order valence-electron chi connectivity index (χ1n) is 12.5. The zero-order chi connectivity index (χ0) is 23.4. The third-order valence-electron chi connectivity index (χ3n) is 8.07. The Kier molecular flexibility index (Phi) is 8.00. The number of ketones is 1. The van der Waals surface area contributed by atoms with Crippen LogP contribution in [-0.2, 0) is 15.7 Å². The molecule has 1 saturated carbocycles. The highest BCUT2D eigenvalue weighted by atomic mass is 19.4. The van der Waals surface area contributed by atoms with Gasteiger partial charge in [0, 0.05) is 51.3 Å². The van der Waals surface area contributed by atoms with Crippen LogP contribution in [-0.4, -0.2) is 56.6 Å². The van der Waals surface area contributed by atoms with Crippen LogP contribution in [0.3, 0.4) is 0 Å². The lowest BCUT2D eigenvalue weighted by atomic mass is 9.78. The molecule has 7 heteroatoms. The third kappa shape index (κ3) is 6.30. The summed E-state index contributed by atoms with van der Waals surface area (Å²) in [7, 11) is 1.64. The van der Waals surface area contributed by atoms with Crippen molar-refractivity contribution in [3.63, 3.8) is 0 Å². The van der Waals surface area contributed by atoms with Gasteiger partial charge in [-0.25, -0.2) is 0 Å². The summed E-state index contributed by atoms with van der Waals surface area (Å²) in [6, 6.07) is 6.09. The van der Waals surface area contributed by atoms with Gasteiger partial charge >= 0.3 is 6.18 Å². The van der Waals surface area contributed by atoms with Crippen LogP contribution in [0.4, 0.5) is 18.9 Å². The van der Waals surface area contributed by atoms with Gasteiger partial charge in [-0.3, -0.25) is 4.79 Å². The Hall–Kier alpha value is -1.60. The van der Waals surface area contributed by atoms with Gasteiger partial charge in [0.2, 0.25) is 0 Å². The van der Waals surface area contributed by atoms with E-state index in [4.69, 9.17) is 4.74 Å². The monoisotopic (exact) mass is 466 g/mol. The number of fused-ring (bicyclic) bond motifs is 1. The Labute approximate surface area is 195 Å². The Bertz CT molecular complexity index is 775. The Morgan fingerprint density at radius 2 is 1.73 bits per heavy atom. The van der Waals surface area contributed by atoms with Gasteiger partial charge in [0.25, 0.3) is 0 Å². The van der Waals surface area contributed by atoms with Crippen LogP contribution in [0.25, 0.3) is 0 Å². The fourth-order valence-corrected chi connectivity index (χ4v) is 6.12. The summed E-state index contributed by atoms with van der Waals surface area (Å²) in [5.74, 6) is 2.25. The molecule has 0 aromatic heterocycles. The van der Waals surface area contributed by atoms with Crippen LogP contribution in [0.1, 0.15) is 56.9 Å². The van der Waals surface area contributed by atoms with Crippen molar-refractivity contribution in [1.29, 1.82) is 0 Å². The van der Waals surface area contributed by atoms with Crippen LogP contribution >= 0.6 is 0 Å². The first kappa shape index (κ1) is 24.5. The number of halogens is 3. The molecule has 33 heavy (non-hydrogen) atoms. The maximum Gasteiger partial charge on any atom is 0.416 e. The number of hydrogen-bond donors (Lipinski definition) is 0. The zero-order valence-corrected chi connectivity index (χ0v) is 19.7. The first-order valence-corrected chi connectivity index (χ1v) is 12.5. The molecule has 4 nitrogen and oxygen atoms in total. The average molecular weight is 467 g/mol. The summed E-state index contributed by atoms with van der Waals surface area (Å²) < 4.78 is 43.7. The lowest BCUT2D eigenvalue weighted by Gasteiger charge is -2.30. The van der Waals surface area contributed by atoms with E-state index < -0.39 is 11.7 Å². The summed E-state index contributed by atoms with van der Waals surface area (Å²) in [6.07, 6.45) is 4.07. The number of alkyl halides is 3. The largest absolute Gasteiger partial charge is 0.416 e. The topological polar surface area (TPSA) is 32.8 Å². The maximum atomic E-state index is 12.9. The third-order valence-corrected chi connectivity index (χ3v) is 8.07. The molecule has 1 aromatic rings. The molecule has 2 saturated heterocycles. The van der Waals surface area contributed by atoms with Crippen molar-refractivity contribution in [2.45, 2.75) is 63.6 Å². The van der Waals surface area contributed by atoms with Crippen molar-refractivity contribution in [2.75, 3.05) is 44.8 Å². The number of carbonyl (C=O) groups is 1. The van der Waals surface area contributed by atoms with Crippen LogP contribution in [0, 0.1) is 17.8 Å². The van der Waals surface area contributed by atoms with Crippen LogP contribution in [0.2, 0.25) is 0 Å². The molecule has 2 heterocycles. The molecule has 1 aromatic carbocycles. The van der Waals surface area contributed by atoms with Gasteiger partial charge in [-0.2, -0.15) is 13.2 Å². The second-order valence-corrected chi connectivity index (χ2v) is 10.3. The molecule has 0 unspecified atom stereocenters. The highest BCUT2D eigenvalue weighted by Gasteiger charge is 2.41. The van der Waals surface area contributed by atoms with Crippen LogP contribution in [0.15, 0.2) is 24.3 Å². The molecular weight excluding hydrogens is 429 g/mol. The minimum absolute atomic E-state index is 0.335. The van der Waals surface area contributed by atoms with Gasteiger partial charge in [0.1, 0.15) is 5.78 Å². The molecule has 0 amide bonds. The summed E-state index contributed by atoms with van der Waals surface area (Å²) in [6.45, 7) is 4.68. The molecule has 184 valence electrons. The van der Waals surface area contributed by atoms with Gasteiger partial charge in [-0.15, -0.1) is 0 Å². The number of hydrogen-bond acceptors (Lipinski definition) is 4. The smallest absolute Gasteiger partial charge is 0.384 e. The predicted molar refractivity (Wildman–Crippen MR) is 123 cm³/mol. The van der Waals surface area contributed by atoms with E-state index in [-0.39, 0.29) is 0 Å². The average Bonchev–Trinajstić information content (AvgIpc) is 3.37. The number of Topliss-reactive ketones (excluding diaryl/α,β-unsaturated/α-hetero) is 1. The van der Waals surface area contributed by atoms with Crippen LogP contribution in [0.5, 0.6) is 0 Å². The Morgan fingerprint density at radius 1 is 1.03 bits per heavy atom. The van der Waals surface area contributed by atoms with Gasteiger partial charge in [0.15, 0.2) is 0 Å². The van der Waals surface area contributed by atoms with Crippen LogP contribution < -0.4 is 4.90 Å². The van der Waals surface area contributed by atoms with E-state index in [2.05, 4.69) is 9.80 Å². The Balaban J connectivity index is 1.20. The van der Waals surface area contributed by atoms with Gasteiger partial charge in [0.05, 0.1) is 12.2 Å². The molecule has 3 aliphatic rings. The number of rotatable bonds is 9. The summed E-state index contributed by atoms with van der Waals surface area (Å²) in [4.78, 5) is 16.9. The molecule has 0 spiro atoms. The standard InChI is InChI=1S/C26H37F3N2O2/c1-33-15-12-24(32)16-20-4-2-19(3-5-20)10-13-30-17-21-11-14-31(25(21)18-30)23-8-6-22(7-9-23)26(27,28)29/h6-9,19-21,25H,2-5,10-18H2,1H3/t19?,20?,21-,25+/m1/s1. The second kappa shape index (κ2) is 10.8. The molecule has 0 N–H and O–H groups in total. The molecule has 4 rings (SSSR count). The van der Waals surface area contributed by atoms with Crippen molar-refractivity contribution in [3.8, 4) is 0 Å². The maximum absolute atomic E-state index is 12.9. The lowest BCUT2D eigenvalue weighted by molar-refractivity contribution is -0.137. The second-order valence-electron chi connectivity index (χ2n) is 10.3. The minimum Gasteiger partial charge on any atom is -0.384 e. The normalized spacial score (nSPS) is 28.3. The van der Waals surface area contributed by atoms with Gasteiger partial charge in [-0.1, -0.05) is 12.8 Å². The molecule has 1 aliphatic carbocycles. The van der Waals surface area contributed by atoms with Gasteiger partial charge in [-0.05, 0) is 74.2 Å². The number of methoxy groups -OCH3 is 1. The van der Waals surface area contributed by atoms with E-state index in [1.54, 1.807) is 19.2 Å². The van der Waals surface area contributed by atoms with E-state index in [0.717, 1.165) is 57.0 Å². The van der Waals surface area contributed by atoms with Crippen molar-refractivity contribution in [1.82, 2.24) is 4.90 Å². The fraction of sp³-hybridized carbons (Fsp3) is 0.731. The number of likely N-dealkylation sites (tertiary alicyclic amines) is 1. The van der Waals surface area contributed by atoms with E-state index >= 15 is 0 Å². The van der Waals surface area contributed by atoms with Gasteiger partial charge < -0.3 is 14.5 Å². The van der Waals surface area contributed by atoms with E-state index in [9.17, 15) is 18.0 Å². The highest BCUT2D eigenvalue weighted by Crippen LogP contribution is 2.38. The summed E-state index contributed by atoms with van der Waals surface area (Å²) in [5, 5.41) is 0. The number of benzene rings is 1. The zero-order valence-electron chi connectivity index (χ0n) is 19.7. The number of anilines is 1. The summed E-state index contributed by atoms with van der Waals surface area (Å²) >= 11 is 0. The van der Waals surface area contributed by atoms with E-state index in [0.29, 0.717) is 43.1 Å². The fourth-order valence-electron chi connectivity index (χ4n) is 6.12. The van der Waals surface area contributed by atoms with E-state index in [1.807, 2.05) is 0 Å². The molecule has 2 atom stereocenters. The number of carbonyl (C=O) groups excluding carboxylic acids is 1. The predicted octanol–water partition coefficient (Wildman–Crippen LogP) is 5.41. The minimum atomic E-state index is -4.28. The molecule has 0 radical (unpaired) electrons. The first-order chi connectivity index (χ1) is 15.8. The molecular formula is C26H37F3N2O2. The highest BCUT2D eigenvalue weighted by molar-refractivity contribution is 5.78. The van der Waals surface area contributed by atoms with Crippen molar-refractivity contribution in [2.24, 2.45) is 17.8 Å². The van der Waals surface area contributed by atoms with Crippen molar-refractivity contribution < 1.29 is 22.7 Å². The molecule has 3 fully saturated rings. The van der Waals surface area contributed by atoms with E-state index in [1.165, 1.54) is 31.4 Å². The van der Waals surface area contributed by atoms with Crippen molar-refractivity contribution >= 4 is 11.5 Å². The summed E-state index contributed by atoms with van der Waals surface area (Å²) in [5.41, 5.74) is 0.333. The van der Waals surface area contributed by atoms with Crippen molar-refractivity contribution in [3.05, 3.63) is 29.8 Å². The SMILES string of the molecule is COCCC(=O)CC1CCC(CCN2C[C@H]3CCN(c4ccc(C(F)(F)F)cc4)[C@H]3C2)CC1. The lowest BCUT2D eigenvalue weighted by Crippen LogP contribution is -2.35. The molecule has 2 aliphatic heterocycles.